The largest absolute Gasteiger partial charge is 0.301 e. The molecule has 0 radical (unpaired) electrons. The van der Waals surface area contributed by atoms with E-state index in [0.717, 1.165) is 15.8 Å². The van der Waals surface area contributed by atoms with Crippen molar-refractivity contribution in [2.24, 2.45) is 0 Å². The summed E-state index contributed by atoms with van der Waals surface area (Å²) in [7, 11) is -3.79. The van der Waals surface area contributed by atoms with Crippen LogP contribution in [0.3, 0.4) is 0 Å². The Morgan fingerprint density at radius 3 is 2.75 bits per heavy atom. The second kappa shape index (κ2) is 7.51. The van der Waals surface area contributed by atoms with E-state index in [4.69, 9.17) is 0 Å². The number of benzene rings is 2. The molecule has 0 bridgehead atoms. The van der Waals surface area contributed by atoms with Gasteiger partial charge in [0, 0.05) is 11.0 Å². The summed E-state index contributed by atoms with van der Waals surface area (Å²) in [6, 6.07) is 9.70. The van der Waals surface area contributed by atoms with Crippen molar-refractivity contribution < 1.29 is 17.6 Å². The standard InChI is InChI=1S/C18H15BrFN3O3S2/c19-11-3-6-13(7-4-11)28(25,26)23-9-1-2-15(23)17(24)22-18-21-14-8-5-12(20)10-16(14)27-18/h3-8,10,15H,1-2,9H2,(H,21,22,24). The Hall–Kier alpha value is -1.88. The van der Waals surface area contributed by atoms with Gasteiger partial charge in [-0.2, -0.15) is 4.31 Å². The number of carbonyl (C=O) groups excluding carboxylic acids is 1. The monoisotopic (exact) mass is 483 g/mol. The van der Waals surface area contributed by atoms with Crippen LogP contribution in [-0.4, -0.2) is 36.2 Å². The van der Waals surface area contributed by atoms with Gasteiger partial charge in [0.1, 0.15) is 11.9 Å². The number of hydrogen-bond acceptors (Lipinski definition) is 5. The molecule has 1 aliphatic heterocycles. The van der Waals surface area contributed by atoms with Crippen LogP contribution in [-0.2, 0) is 14.8 Å². The number of anilines is 1. The molecule has 1 saturated heterocycles. The summed E-state index contributed by atoms with van der Waals surface area (Å²) in [6.07, 6.45) is 1.03. The summed E-state index contributed by atoms with van der Waals surface area (Å²) in [5.74, 6) is -0.811. The molecular weight excluding hydrogens is 469 g/mol. The SMILES string of the molecule is O=C(Nc1nc2ccc(F)cc2s1)C1CCCN1S(=O)(=O)c1ccc(Br)cc1. The highest BCUT2D eigenvalue weighted by atomic mass is 79.9. The van der Waals surface area contributed by atoms with E-state index in [0.29, 0.717) is 28.2 Å². The number of halogens is 2. The molecule has 0 saturated carbocycles. The van der Waals surface area contributed by atoms with Gasteiger partial charge in [-0.15, -0.1) is 0 Å². The molecule has 6 nitrogen and oxygen atoms in total. The summed E-state index contributed by atoms with van der Waals surface area (Å²) >= 11 is 4.43. The number of nitrogens with zero attached hydrogens (tertiary/aromatic N) is 2. The Balaban J connectivity index is 1.56. The van der Waals surface area contributed by atoms with Crippen LogP contribution in [0.15, 0.2) is 51.8 Å². The molecule has 1 N–H and O–H groups in total. The molecule has 0 spiro atoms. The van der Waals surface area contributed by atoms with Crippen molar-refractivity contribution in [2.45, 2.75) is 23.8 Å². The number of hydrogen-bond donors (Lipinski definition) is 1. The quantitative estimate of drug-likeness (QED) is 0.608. The average molecular weight is 484 g/mol. The van der Waals surface area contributed by atoms with Gasteiger partial charge in [-0.1, -0.05) is 27.3 Å². The van der Waals surface area contributed by atoms with Gasteiger partial charge in [0.25, 0.3) is 0 Å². The molecule has 28 heavy (non-hydrogen) atoms. The lowest BCUT2D eigenvalue weighted by Gasteiger charge is -2.23. The van der Waals surface area contributed by atoms with Crippen molar-refractivity contribution in [3.8, 4) is 0 Å². The number of amides is 1. The fourth-order valence-corrected chi connectivity index (χ4v) is 5.99. The van der Waals surface area contributed by atoms with Crippen molar-refractivity contribution >= 4 is 58.5 Å². The summed E-state index contributed by atoms with van der Waals surface area (Å²) in [6.45, 7) is 0.279. The van der Waals surface area contributed by atoms with E-state index in [1.807, 2.05) is 0 Å². The number of nitrogens with one attached hydrogen (secondary N) is 1. The Morgan fingerprint density at radius 1 is 1.25 bits per heavy atom. The minimum absolute atomic E-state index is 0.144. The third-order valence-corrected chi connectivity index (χ3v) is 7.89. The highest BCUT2D eigenvalue weighted by Gasteiger charge is 2.39. The molecule has 1 fully saturated rings. The van der Waals surface area contributed by atoms with Crippen LogP contribution < -0.4 is 5.32 Å². The molecule has 3 aromatic rings. The molecule has 1 amide bonds. The van der Waals surface area contributed by atoms with Gasteiger partial charge in [-0.05, 0) is 55.3 Å². The molecule has 1 aliphatic rings. The first-order chi connectivity index (χ1) is 13.3. The Bertz CT molecular complexity index is 1150. The van der Waals surface area contributed by atoms with E-state index in [1.54, 1.807) is 12.1 Å². The van der Waals surface area contributed by atoms with Crippen molar-refractivity contribution in [3.05, 3.63) is 52.8 Å². The zero-order valence-electron chi connectivity index (χ0n) is 14.4. The van der Waals surface area contributed by atoms with Gasteiger partial charge in [-0.25, -0.2) is 17.8 Å². The minimum Gasteiger partial charge on any atom is -0.301 e. The van der Waals surface area contributed by atoms with E-state index >= 15 is 0 Å². The lowest BCUT2D eigenvalue weighted by molar-refractivity contribution is -0.119. The lowest BCUT2D eigenvalue weighted by Crippen LogP contribution is -2.43. The maximum atomic E-state index is 13.3. The number of rotatable bonds is 4. The molecule has 0 aliphatic carbocycles. The highest BCUT2D eigenvalue weighted by Crippen LogP contribution is 2.30. The molecule has 2 aromatic carbocycles. The first-order valence-corrected chi connectivity index (χ1v) is 11.5. The average Bonchev–Trinajstić information content (AvgIpc) is 3.28. The summed E-state index contributed by atoms with van der Waals surface area (Å²) in [5.41, 5.74) is 0.576. The van der Waals surface area contributed by atoms with Crippen LogP contribution in [0.4, 0.5) is 9.52 Å². The normalized spacial score (nSPS) is 17.9. The fraction of sp³-hybridized carbons (Fsp3) is 0.222. The predicted molar refractivity (Wildman–Crippen MR) is 109 cm³/mol. The van der Waals surface area contributed by atoms with Gasteiger partial charge in [-0.3, -0.25) is 4.79 Å². The van der Waals surface area contributed by atoms with Gasteiger partial charge in [0.05, 0.1) is 15.1 Å². The minimum atomic E-state index is -3.79. The van der Waals surface area contributed by atoms with Gasteiger partial charge in [0.15, 0.2) is 5.13 Å². The van der Waals surface area contributed by atoms with E-state index in [2.05, 4.69) is 26.2 Å². The number of carbonyl (C=O) groups is 1. The molecule has 10 heteroatoms. The van der Waals surface area contributed by atoms with Crippen molar-refractivity contribution in [1.82, 2.24) is 9.29 Å². The van der Waals surface area contributed by atoms with Crippen LogP contribution in [0, 0.1) is 5.82 Å². The molecule has 2 heterocycles. The van der Waals surface area contributed by atoms with Gasteiger partial charge < -0.3 is 5.32 Å². The third-order valence-electron chi connectivity index (χ3n) is 4.51. The molecule has 146 valence electrons. The zero-order valence-corrected chi connectivity index (χ0v) is 17.7. The van der Waals surface area contributed by atoms with E-state index in [-0.39, 0.29) is 17.3 Å². The second-order valence-corrected chi connectivity index (χ2v) is 10.2. The highest BCUT2D eigenvalue weighted by molar-refractivity contribution is 9.10. The topological polar surface area (TPSA) is 79.4 Å². The van der Waals surface area contributed by atoms with Gasteiger partial charge in [0.2, 0.25) is 15.9 Å². The van der Waals surface area contributed by atoms with Crippen molar-refractivity contribution in [1.29, 1.82) is 0 Å². The second-order valence-electron chi connectivity index (χ2n) is 6.35. The Labute approximate surface area is 173 Å². The maximum absolute atomic E-state index is 13.3. The Morgan fingerprint density at radius 2 is 2.00 bits per heavy atom. The predicted octanol–water partition coefficient (Wildman–Crippen LogP) is 3.99. The van der Waals surface area contributed by atoms with Crippen LogP contribution in [0.2, 0.25) is 0 Å². The number of fused-ring (bicyclic) bond motifs is 1. The fourth-order valence-electron chi connectivity index (χ4n) is 3.17. The first-order valence-electron chi connectivity index (χ1n) is 8.49. The number of sulfonamides is 1. The van der Waals surface area contributed by atoms with Crippen LogP contribution in [0.5, 0.6) is 0 Å². The number of thiazole rings is 1. The van der Waals surface area contributed by atoms with Crippen molar-refractivity contribution in [2.75, 3.05) is 11.9 Å². The molecular formula is C18H15BrFN3O3S2. The van der Waals surface area contributed by atoms with Crippen LogP contribution in [0.25, 0.3) is 10.2 Å². The zero-order chi connectivity index (χ0) is 19.9. The summed E-state index contributed by atoms with van der Waals surface area (Å²) in [4.78, 5) is 17.2. The van der Waals surface area contributed by atoms with E-state index in [9.17, 15) is 17.6 Å². The van der Waals surface area contributed by atoms with Crippen LogP contribution in [0.1, 0.15) is 12.8 Å². The van der Waals surface area contributed by atoms with Crippen molar-refractivity contribution in [3.63, 3.8) is 0 Å². The third kappa shape index (κ3) is 3.69. The molecule has 1 aromatic heterocycles. The van der Waals surface area contributed by atoms with Gasteiger partial charge >= 0.3 is 0 Å². The smallest absolute Gasteiger partial charge is 0.244 e. The molecule has 1 unspecified atom stereocenters. The molecule has 1 atom stereocenters. The summed E-state index contributed by atoms with van der Waals surface area (Å²) in [5, 5.41) is 3.01. The van der Waals surface area contributed by atoms with Crippen LogP contribution >= 0.6 is 27.3 Å². The molecule has 4 rings (SSSR count). The Kier molecular flexibility index (Phi) is 5.21. The summed E-state index contributed by atoms with van der Waals surface area (Å²) < 4.78 is 41.9. The maximum Gasteiger partial charge on any atom is 0.244 e. The lowest BCUT2D eigenvalue weighted by atomic mass is 10.2. The first kappa shape index (κ1) is 19.4. The van der Waals surface area contributed by atoms with E-state index < -0.39 is 22.0 Å². The number of aromatic nitrogens is 1. The van der Waals surface area contributed by atoms with E-state index in [1.165, 1.54) is 34.6 Å².